The van der Waals surface area contributed by atoms with E-state index in [4.69, 9.17) is 0 Å². The summed E-state index contributed by atoms with van der Waals surface area (Å²) < 4.78 is 0. The minimum absolute atomic E-state index is 0.0479. The van der Waals surface area contributed by atoms with Crippen LogP contribution in [0, 0.1) is 0 Å². The van der Waals surface area contributed by atoms with Crippen molar-refractivity contribution in [1.29, 1.82) is 0 Å². The average molecular weight is 321 g/mol. The summed E-state index contributed by atoms with van der Waals surface area (Å²) in [5.41, 5.74) is 2.22. The molecule has 1 unspecified atom stereocenters. The van der Waals surface area contributed by atoms with E-state index in [1.807, 2.05) is 36.2 Å². The van der Waals surface area contributed by atoms with Gasteiger partial charge in [0.25, 0.3) is 0 Å². The molecule has 1 aromatic carbocycles. The summed E-state index contributed by atoms with van der Waals surface area (Å²) in [7, 11) is 1.90. The Morgan fingerprint density at radius 3 is 2.71 bits per heavy atom. The Labute approximate surface area is 143 Å². The summed E-state index contributed by atoms with van der Waals surface area (Å²) in [5.74, 6) is 0.0479. The van der Waals surface area contributed by atoms with E-state index in [1.165, 1.54) is 5.69 Å². The number of aromatic nitrogens is 1. The summed E-state index contributed by atoms with van der Waals surface area (Å²) in [6.45, 7) is 1.94. The van der Waals surface area contributed by atoms with Crippen molar-refractivity contribution in [2.24, 2.45) is 0 Å². The van der Waals surface area contributed by atoms with Gasteiger partial charge in [-0.2, -0.15) is 0 Å². The summed E-state index contributed by atoms with van der Waals surface area (Å²) >= 11 is 0. The Balaban J connectivity index is 1.62. The molecule has 1 aromatic heterocycles. The Morgan fingerprint density at radius 1 is 1.21 bits per heavy atom. The van der Waals surface area contributed by atoms with E-state index >= 15 is 0 Å². The number of benzene rings is 1. The van der Waals surface area contributed by atoms with Gasteiger partial charge in [-0.25, -0.2) is 0 Å². The van der Waals surface area contributed by atoms with Crippen molar-refractivity contribution in [2.75, 3.05) is 25.0 Å². The molecule has 0 radical (unpaired) electrons. The molecule has 24 heavy (non-hydrogen) atoms. The molecule has 1 fully saturated rings. The number of hydrogen-bond acceptors (Lipinski definition) is 3. The van der Waals surface area contributed by atoms with Gasteiger partial charge in [-0.3, -0.25) is 9.78 Å². The third-order valence-corrected chi connectivity index (χ3v) is 4.54. The highest BCUT2D eigenvalue weighted by Gasteiger charge is 2.25. The molecule has 0 spiro atoms. The lowest BCUT2D eigenvalue weighted by atomic mass is 10.0. The lowest BCUT2D eigenvalue weighted by Crippen LogP contribution is -2.48. The predicted octanol–water partition coefficient (Wildman–Crippen LogP) is 3.22. The van der Waals surface area contributed by atoms with Gasteiger partial charge in [0, 0.05) is 50.3 Å². The van der Waals surface area contributed by atoms with Crippen LogP contribution in [0.1, 0.15) is 18.4 Å². The van der Waals surface area contributed by atoms with Crippen molar-refractivity contribution < 1.29 is 4.79 Å². The van der Waals surface area contributed by atoms with Gasteiger partial charge in [0.15, 0.2) is 0 Å². The normalized spacial score (nSPS) is 17.9. The standard InChI is InChI=1S/C20H23N3O/c1-22(20(24)10-9-17-11-13-21-14-12-17)19-8-5-15-23(16-19)18-6-3-2-4-7-18/h2-4,6-7,9-14,19H,5,8,15-16H2,1H3/b10-9+. The van der Waals surface area contributed by atoms with Crippen molar-refractivity contribution in [3.8, 4) is 0 Å². The van der Waals surface area contributed by atoms with Crippen molar-refractivity contribution in [1.82, 2.24) is 9.88 Å². The van der Waals surface area contributed by atoms with Crippen LogP contribution < -0.4 is 4.90 Å². The van der Waals surface area contributed by atoms with Crippen LogP contribution in [-0.4, -0.2) is 42.0 Å². The second-order valence-electron chi connectivity index (χ2n) is 6.14. The van der Waals surface area contributed by atoms with Gasteiger partial charge in [0.1, 0.15) is 0 Å². The molecule has 4 heteroatoms. The molecular weight excluding hydrogens is 298 g/mol. The van der Waals surface area contributed by atoms with Gasteiger partial charge in [0.2, 0.25) is 5.91 Å². The molecule has 1 atom stereocenters. The van der Waals surface area contributed by atoms with Crippen molar-refractivity contribution >= 4 is 17.7 Å². The molecule has 3 rings (SSSR count). The van der Waals surface area contributed by atoms with E-state index in [0.717, 1.165) is 31.5 Å². The minimum Gasteiger partial charge on any atom is -0.369 e. The molecule has 1 amide bonds. The fourth-order valence-corrected chi connectivity index (χ4v) is 3.08. The topological polar surface area (TPSA) is 36.4 Å². The highest BCUT2D eigenvalue weighted by atomic mass is 16.2. The molecular formula is C20H23N3O. The quantitative estimate of drug-likeness (QED) is 0.811. The van der Waals surface area contributed by atoms with Crippen molar-refractivity contribution in [3.05, 3.63) is 66.5 Å². The number of anilines is 1. The highest BCUT2D eigenvalue weighted by molar-refractivity contribution is 5.91. The average Bonchev–Trinajstić information content (AvgIpc) is 2.67. The number of hydrogen-bond donors (Lipinski definition) is 0. The van der Waals surface area contributed by atoms with E-state index in [1.54, 1.807) is 18.5 Å². The monoisotopic (exact) mass is 321 g/mol. The maximum absolute atomic E-state index is 12.5. The molecule has 2 heterocycles. The zero-order chi connectivity index (χ0) is 16.8. The van der Waals surface area contributed by atoms with Gasteiger partial charge in [-0.05, 0) is 48.7 Å². The summed E-state index contributed by atoms with van der Waals surface area (Å²) in [6, 6.07) is 14.4. The smallest absolute Gasteiger partial charge is 0.246 e. The second-order valence-corrected chi connectivity index (χ2v) is 6.14. The zero-order valence-corrected chi connectivity index (χ0v) is 14.0. The first-order valence-electron chi connectivity index (χ1n) is 8.39. The number of likely N-dealkylation sites (N-methyl/N-ethyl adjacent to an activating group) is 1. The Kier molecular flexibility index (Phi) is 5.26. The third kappa shape index (κ3) is 4.02. The number of rotatable bonds is 4. The van der Waals surface area contributed by atoms with Crippen LogP contribution in [0.4, 0.5) is 5.69 Å². The number of pyridine rings is 1. The van der Waals surface area contributed by atoms with Gasteiger partial charge in [0.05, 0.1) is 0 Å². The van der Waals surface area contributed by atoms with E-state index in [0.29, 0.717) is 0 Å². The van der Waals surface area contributed by atoms with Crippen LogP contribution in [0.2, 0.25) is 0 Å². The largest absolute Gasteiger partial charge is 0.369 e. The fourth-order valence-electron chi connectivity index (χ4n) is 3.08. The lowest BCUT2D eigenvalue weighted by Gasteiger charge is -2.38. The van der Waals surface area contributed by atoms with Crippen molar-refractivity contribution in [2.45, 2.75) is 18.9 Å². The van der Waals surface area contributed by atoms with Crippen LogP contribution in [0.3, 0.4) is 0 Å². The molecule has 124 valence electrons. The minimum atomic E-state index is 0.0479. The first-order chi connectivity index (χ1) is 11.7. The molecule has 0 aliphatic carbocycles. The fraction of sp³-hybridized carbons (Fsp3) is 0.300. The van der Waals surface area contributed by atoms with E-state index in [2.05, 4.69) is 34.1 Å². The molecule has 2 aromatic rings. The van der Waals surface area contributed by atoms with Crippen LogP contribution in [0.5, 0.6) is 0 Å². The molecule has 1 aliphatic heterocycles. The van der Waals surface area contributed by atoms with Crippen LogP contribution in [0.25, 0.3) is 6.08 Å². The van der Waals surface area contributed by atoms with Gasteiger partial charge in [-0.15, -0.1) is 0 Å². The van der Waals surface area contributed by atoms with Gasteiger partial charge >= 0.3 is 0 Å². The van der Waals surface area contributed by atoms with Gasteiger partial charge < -0.3 is 9.80 Å². The summed E-state index contributed by atoms with van der Waals surface area (Å²) in [4.78, 5) is 20.7. The molecule has 1 saturated heterocycles. The summed E-state index contributed by atoms with van der Waals surface area (Å²) in [6.07, 6.45) is 9.11. The summed E-state index contributed by atoms with van der Waals surface area (Å²) in [5, 5.41) is 0. The molecule has 1 aliphatic rings. The third-order valence-electron chi connectivity index (χ3n) is 4.54. The predicted molar refractivity (Wildman–Crippen MR) is 97.7 cm³/mol. The number of para-hydroxylation sites is 1. The van der Waals surface area contributed by atoms with Crippen LogP contribution in [0.15, 0.2) is 60.9 Å². The highest BCUT2D eigenvalue weighted by Crippen LogP contribution is 2.22. The van der Waals surface area contributed by atoms with Crippen molar-refractivity contribution in [3.63, 3.8) is 0 Å². The molecule has 0 bridgehead atoms. The second kappa shape index (κ2) is 7.77. The Morgan fingerprint density at radius 2 is 1.96 bits per heavy atom. The number of nitrogens with zero attached hydrogens (tertiary/aromatic N) is 3. The molecule has 0 N–H and O–H groups in total. The Bertz CT molecular complexity index is 685. The van der Waals surface area contributed by atoms with E-state index in [9.17, 15) is 4.79 Å². The first-order valence-corrected chi connectivity index (χ1v) is 8.39. The lowest BCUT2D eigenvalue weighted by molar-refractivity contribution is -0.126. The van der Waals surface area contributed by atoms with E-state index < -0.39 is 0 Å². The maximum atomic E-state index is 12.5. The molecule has 4 nitrogen and oxygen atoms in total. The number of amides is 1. The zero-order valence-electron chi connectivity index (χ0n) is 14.0. The first kappa shape index (κ1) is 16.2. The van der Waals surface area contributed by atoms with Crippen LogP contribution in [-0.2, 0) is 4.79 Å². The Hall–Kier alpha value is -2.62. The maximum Gasteiger partial charge on any atom is 0.246 e. The number of carbonyl (C=O) groups excluding carboxylic acids is 1. The van der Waals surface area contributed by atoms with Crippen LogP contribution >= 0.6 is 0 Å². The van der Waals surface area contributed by atoms with E-state index in [-0.39, 0.29) is 11.9 Å². The number of carbonyl (C=O) groups is 1. The number of piperidine rings is 1. The SMILES string of the molecule is CN(C(=O)/C=C/c1ccncc1)C1CCCN(c2ccccc2)C1. The molecule has 0 saturated carbocycles. The van der Waals surface area contributed by atoms with Gasteiger partial charge in [-0.1, -0.05) is 18.2 Å².